The van der Waals surface area contributed by atoms with E-state index < -0.39 is 36.2 Å². The van der Waals surface area contributed by atoms with Gasteiger partial charge >= 0.3 is 6.09 Å². The Morgan fingerprint density at radius 2 is 1.38 bits per heavy atom. The van der Waals surface area contributed by atoms with E-state index in [4.69, 9.17) is 4.74 Å². The van der Waals surface area contributed by atoms with E-state index in [9.17, 15) is 19.8 Å². The Labute approximate surface area is 214 Å². The van der Waals surface area contributed by atoms with Crippen molar-refractivity contribution in [1.29, 1.82) is 0 Å². The molecular formula is C26H23Br2NO5. The molecule has 2 N–H and O–H groups in total. The van der Waals surface area contributed by atoms with Gasteiger partial charge in [0.15, 0.2) is 0 Å². The highest BCUT2D eigenvalue weighted by Gasteiger charge is 2.46. The highest BCUT2D eigenvalue weighted by molar-refractivity contribution is 9.10. The smallest absolute Gasteiger partial charge is 0.416 e. The predicted molar refractivity (Wildman–Crippen MR) is 134 cm³/mol. The second-order valence-electron chi connectivity index (χ2n) is 8.15. The second kappa shape index (κ2) is 10.8. The molecule has 1 aliphatic rings. The second-order valence-corrected chi connectivity index (χ2v) is 9.98. The first-order chi connectivity index (χ1) is 16.3. The summed E-state index contributed by atoms with van der Waals surface area (Å²) in [5.41, 5.74) is 1.84. The Bertz CT molecular complexity index is 1090. The first kappa shape index (κ1) is 24.6. The number of cyclic esters (lactones) is 1. The summed E-state index contributed by atoms with van der Waals surface area (Å²) in [5.74, 6) is -2.01. The van der Waals surface area contributed by atoms with Crippen LogP contribution in [0.3, 0.4) is 0 Å². The minimum absolute atomic E-state index is 0.0505. The Hall–Kier alpha value is -2.52. The van der Waals surface area contributed by atoms with E-state index in [1.807, 2.05) is 30.3 Å². The van der Waals surface area contributed by atoms with E-state index in [1.54, 1.807) is 48.5 Å². The fourth-order valence-electron chi connectivity index (χ4n) is 4.10. The minimum atomic E-state index is -1.36. The van der Waals surface area contributed by atoms with Gasteiger partial charge in [0.2, 0.25) is 5.91 Å². The van der Waals surface area contributed by atoms with Crippen molar-refractivity contribution in [2.24, 2.45) is 5.92 Å². The van der Waals surface area contributed by atoms with Gasteiger partial charge in [-0.3, -0.25) is 4.79 Å². The Morgan fingerprint density at radius 3 is 1.88 bits per heavy atom. The van der Waals surface area contributed by atoms with Gasteiger partial charge in [0, 0.05) is 8.95 Å². The van der Waals surface area contributed by atoms with Crippen molar-refractivity contribution in [3.8, 4) is 0 Å². The summed E-state index contributed by atoms with van der Waals surface area (Å²) in [4.78, 5) is 27.5. The molecule has 1 aliphatic heterocycles. The third-order valence-corrected chi connectivity index (χ3v) is 6.96. The van der Waals surface area contributed by atoms with Crippen LogP contribution in [-0.4, -0.2) is 39.8 Å². The zero-order chi connectivity index (χ0) is 24.2. The fourth-order valence-corrected chi connectivity index (χ4v) is 4.63. The lowest BCUT2D eigenvalue weighted by atomic mass is 9.85. The van der Waals surface area contributed by atoms with Gasteiger partial charge in [-0.15, -0.1) is 0 Å². The zero-order valence-electron chi connectivity index (χ0n) is 18.1. The van der Waals surface area contributed by atoms with E-state index in [0.29, 0.717) is 17.5 Å². The monoisotopic (exact) mass is 587 g/mol. The van der Waals surface area contributed by atoms with Gasteiger partial charge in [0.25, 0.3) is 0 Å². The molecule has 3 atom stereocenters. The van der Waals surface area contributed by atoms with Crippen LogP contribution in [-0.2, 0) is 16.0 Å². The van der Waals surface area contributed by atoms with Crippen molar-refractivity contribution in [3.05, 3.63) is 104 Å². The number of aliphatic hydroxyl groups is 2. The average molecular weight is 589 g/mol. The number of nitrogens with zero attached hydrogens (tertiary/aromatic N) is 1. The SMILES string of the molecule is O=C1OC[C@H](Cc2ccccc2)N1C(=O)C([C@H](O)c1ccc(Br)cc1)[C@H](O)c1ccc(Br)cc1. The Balaban J connectivity index is 1.68. The van der Waals surface area contributed by atoms with Crippen molar-refractivity contribution < 1.29 is 24.5 Å². The number of hydrogen-bond donors (Lipinski definition) is 2. The number of hydrogen-bond acceptors (Lipinski definition) is 5. The molecule has 1 fully saturated rings. The topological polar surface area (TPSA) is 87.1 Å². The third-order valence-electron chi connectivity index (χ3n) is 5.90. The van der Waals surface area contributed by atoms with Crippen LogP contribution in [0.15, 0.2) is 87.8 Å². The maximum atomic E-state index is 13.8. The molecule has 6 nitrogen and oxygen atoms in total. The van der Waals surface area contributed by atoms with Crippen LogP contribution in [0, 0.1) is 5.92 Å². The minimum Gasteiger partial charge on any atom is -0.447 e. The number of carbonyl (C=O) groups is 2. The first-order valence-electron chi connectivity index (χ1n) is 10.8. The molecule has 2 amide bonds. The molecule has 3 aromatic rings. The average Bonchev–Trinajstić information content (AvgIpc) is 3.20. The van der Waals surface area contributed by atoms with Gasteiger partial charge in [-0.1, -0.05) is 86.5 Å². The number of halogens is 2. The number of ether oxygens (including phenoxy) is 1. The van der Waals surface area contributed by atoms with Crippen LogP contribution >= 0.6 is 31.9 Å². The molecular weight excluding hydrogens is 566 g/mol. The molecule has 0 bridgehead atoms. The van der Waals surface area contributed by atoms with E-state index in [1.165, 1.54) is 0 Å². The normalized spacial score (nSPS) is 17.5. The highest BCUT2D eigenvalue weighted by Crippen LogP contribution is 2.37. The van der Waals surface area contributed by atoms with Crippen molar-refractivity contribution in [2.75, 3.05) is 6.61 Å². The summed E-state index contributed by atoms with van der Waals surface area (Å²) in [7, 11) is 0. The largest absolute Gasteiger partial charge is 0.447 e. The predicted octanol–water partition coefficient (Wildman–Crippen LogP) is 5.18. The van der Waals surface area contributed by atoms with Gasteiger partial charge < -0.3 is 14.9 Å². The number of benzene rings is 3. The zero-order valence-corrected chi connectivity index (χ0v) is 21.2. The van der Waals surface area contributed by atoms with Crippen LogP contribution in [0.4, 0.5) is 4.79 Å². The maximum absolute atomic E-state index is 13.8. The molecule has 0 radical (unpaired) electrons. The number of rotatable bonds is 7. The molecule has 8 heteroatoms. The first-order valence-corrected chi connectivity index (χ1v) is 12.3. The molecule has 3 aromatic carbocycles. The summed E-state index contributed by atoms with van der Waals surface area (Å²) in [6, 6.07) is 22.6. The summed E-state index contributed by atoms with van der Waals surface area (Å²) < 4.78 is 6.84. The van der Waals surface area contributed by atoms with Gasteiger partial charge in [0.05, 0.1) is 24.2 Å². The van der Waals surface area contributed by atoms with E-state index in [0.717, 1.165) is 19.4 Å². The number of carbonyl (C=O) groups excluding carboxylic acids is 2. The number of amides is 2. The van der Waals surface area contributed by atoms with E-state index in [-0.39, 0.29) is 6.61 Å². The van der Waals surface area contributed by atoms with Crippen LogP contribution in [0.1, 0.15) is 28.9 Å². The van der Waals surface area contributed by atoms with Crippen LogP contribution in [0.25, 0.3) is 0 Å². The molecule has 4 rings (SSSR count). The maximum Gasteiger partial charge on any atom is 0.416 e. The van der Waals surface area contributed by atoms with Crippen LogP contribution in [0.2, 0.25) is 0 Å². The molecule has 0 aliphatic carbocycles. The molecule has 176 valence electrons. The van der Waals surface area contributed by atoms with Crippen LogP contribution in [0.5, 0.6) is 0 Å². The molecule has 1 heterocycles. The number of aliphatic hydroxyl groups excluding tert-OH is 2. The van der Waals surface area contributed by atoms with E-state index in [2.05, 4.69) is 31.9 Å². The van der Waals surface area contributed by atoms with Gasteiger partial charge in [-0.05, 0) is 47.4 Å². The lowest BCUT2D eigenvalue weighted by Crippen LogP contribution is -2.46. The summed E-state index contributed by atoms with van der Waals surface area (Å²) in [6.07, 6.45) is -3.08. The standard InChI is InChI=1S/C26H23Br2NO5/c27-19-10-6-17(7-11-19)23(30)22(24(31)18-8-12-20(28)13-9-18)25(32)29-21(15-34-26(29)33)14-16-4-2-1-3-5-16/h1-13,21-24,30-31H,14-15H2/t21-,23+,24+/m0/s1. The van der Waals surface area contributed by atoms with E-state index >= 15 is 0 Å². The quantitative estimate of drug-likeness (QED) is 0.397. The van der Waals surface area contributed by atoms with Gasteiger partial charge in [-0.25, -0.2) is 9.69 Å². The highest BCUT2D eigenvalue weighted by atomic mass is 79.9. The van der Waals surface area contributed by atoms with Crippen molar-refractivity contribution in [1.82, 2.24) is 4.90 Å². The van der Waals surface area contributed by atoms with Crippen molar-refractivity contribution >= 4 is 43.9 Å². The lowest BCUT2D eigenvalue weighted by molar-refractivity contribution is -0.143. The Kier molecular flexibility index (Phi) is 7.83. The fraction of sp³-hybridized carbons (Fsp3) is 0.231. The van der Waals surface area contributed by atoms with Gasteiger partial charge in [0.1, 0.15) is 6.61 Å². The molecule has 0 aromatic heterocycles. The third kappa shape index (κ3) is 5.41. The summed E-state index contributed by atoms with van der Waals surface area (Å²) in [5, 5.41) is 22.5. The van der Waals surface area contributed by atoms with Crippen molar-refractivity contribution in [2.45, 2.75) is 24.7 Å². The molecule has 0 saturated carbocycles. The number of imide groups is 1. The van der Waals surface area contributed by atoms with Gasteiger partial charge in [-0.2, -0.15) is 0 Å². The summed E-state index contributed by atoms with van der Waals surface area (Å²) in [6.45, 7) is 0.0505. The van der Waals surface area contributed by atoms with Crippen LogP contribution < -0.4 is 0 Å². The molecule has 34 heavy (non-hydrogen) atoms. The molecule has 0 unspecified atom stereocenters. The van der Waals surface area contributed by atoms with Crippen molar-refractivity contribution in [3.63, 3.8) is 0 Å². The summed E-state index contributed by atoms with van der Waals surface area (Å²) >= 11 is 6.72. The lowest BCUT2D eigenvalue weighted by Gasteiger charge is -2.31. The molecule has 0 spiro atoms. The molecule has 1 saturated heterocycles. The Morgan fingerprint density at radius 1 is 0.882 bits per heavy atom.